The van der Waals surface area contributed by atoms with E-state index < -0.39 is 29.0 Å². The number of rotatable bonds is 3. The lowest BCUT2D eigenvalue weighted by molar-refractivity contribution is 0.102. The lowest BCUT2D eigenvalue weighted by Crippen LogP contribution is -2.17. The Bertz CT molecular complexity index is 659. The summed E-state index contributed by atoms with van der Waals surface area (Å²) in [5.74, 6) is -5.03. The minimum atomic E-state index is -1.63. The molecule has 0 aromatic heterocycles. The van der Waals surface area contributed by atoms with Gasteiger partial charge in [0.2, 0.25) is 0 Å². The molecule has 3 nitrogen and oxygen atoms in total. The van der Waals surface area contributed by atoms with Crippen LogP contribution >= 0.6 is 0 Å². The summed E-state index contributed by atoms with van der Waals surface area (Å²) in [6.07, 6.45) is 0. The maximum Gasteiger partial charge on any atom is 0.256 e. The number of amides is 1. The second-order valence-corrected chi connectivity index (χ2v) is 4.04. The van der Waals surface area contributed by atoms with Gasteiger partial charge in [0, 0.05) is 12.1 Å². The maximum atomic E-state index is 13.5. The van der Waals surface area contributed by atoms with Crippen molar-refractivity contribution in [1.29, 1.82) is 0 Å². The Balaban J connectivity index is 2.31. The Morgan fingerprint density at radius 1 is 1.05 bits per heavy atom. The van der Waals surface area contributed by atoms with Crippen LogP contribution in [0.25, 0.3) is 0 Å². The number of benzene rings is 2. The molecule has 0 atom stereocenters. The highest BCUT2D eigenvalue weighted by Gasteiger charge is 2.17. The Hall–Kier alpha value is -2.34. The highest BCUT2D eigenvalue weighted by atomic mass is 19.2. The van der Waals surface area contributed by atoms with Gasteiger partial charge >= 0.3 is 0 Å². The zero-order chi connectivity index (χ0) is 14.7. The van der Waals surface area contributed by atoms with E-state index in [2.05, 4.69) is 5.32 Å². The van der Waals surface area contributed by atoms with Crippen molar-refractivity contribution >= 4 is 11.6 Å². The molecule has 0 heterocycles. The highest BCUT2D eigenvalue weighted by Crippen LogP contribution is 2.20. The molecule has 3 N–H and O–H groups in total. The van der Waals surface area contributed by atoms with Crippen molar-refractivity contribution in [3.05, 3.63) is 65.0 Å². The number of carbonyl (C=O) groups excluding carboxylic acids is 1. The van der Waals surface area contributed by atoms with Gasteiger partial charge in [-0.3, -0.25) is 4.79 Å². The molecule has 2 aromatic rings. The summed E-state index contributed by atoms with van der Waals surface area (Å²) in [6.45, 7) is 0.129. The summed E-state index contributed by atoms with van der Waals surface area (Å²) >= 11 is 0. The molecule has 2 rings (SSSR count). The van der Waals surface area contributed by atoms with E-state index in [9.17, 15) is 18.0 Å². The van der Waals surface area contributed by atoms with E-state index in [4.69, 9.17) is 5.73 Å². The van der Waals surface area contributed by atoms with Gasteiger partial charge in [0.15, 0.2) is 17.5 Å². The van der Waals surface area contributed by atoms with Crippen LogP contribution in [0.4, 0.5) is 18.9 Å². The first-order valence-electron chi connectivity index (χ1n) is 5.77. The molecule has 0 aliphatic carbocycles. The zero-order valence-corrected chi connectivity index (χ0v) is 10.3. The summed E-state index contributed by atoms with van der Waals surface area (Å²) in [5, 5.41) is 2.19. The first kappa shape index (κ1) is 14.1. The van der Waals surface area contributed by atoms with Crippen LogP contribution in [0.2, 0.25) is 0 Å². The van der Waals surface area contributed by atoms with Gasteiger partial charge < -0.3 is 11.1 Å². The minimum Gasteiger partial charge on any atom is -0.326 e. The quantitative estimate of drug-likeness (QED) is 0.849. The number of hydrogen-bond donors (Lipinski definition) is 2. The summed E-state index contributed by atoms with van der Waals surface area (Å²) in [6, 6.07) is 8.18. The Kier molecular flexibility index (Phi) is 4.05. The minimum absolute atomic E-state index is 0.129. The Labute approximate surface area is 113 Å². The van der Waals surface area contributed by atoms with E-state index in [0.29, 0.717) is 5.56 Å². The third-order valence-corrected chi connectivity index (χ3v) is 2.77. The standard InChI is InChI=1S/C14H11F3N2O/c15-10-5-6-11(13(17)12(10)16)19-14(20)9-4-2-1-3-8(9)7-18/h1-6H,7,18H2,(H,19,20). The van der Waals surface area contributed by atoms with Crippen LogP contribution in [0.3, 0.4) is 0 Å². The van der Waals surface area contributed by atoms with Crippen LogP contribution in [-0.4, -0.2) is 5.91 Å². The molecule has 2 aromatic carbocycles. The first-order chi connectivity index (χ1) is 9.54. The first-order valence-corrected chi connectivity index (χ1v) is 5.77. The van der Waals surface area contributed by atoms with Gasteiger partial charge in [-0.2, -0.15) is 0 Å². The summed E-state index contributed by atoms with van der Waals surface area (Å²) in [7, 11) is 0. The number of carbonyl (C=O) groups is 1. The van der Waals surface area contributed by atoms with Crippen molar-refractivity contribution in [3.63, 3.8) is 0 Å². The molecule has 0 bridgehead atoms. The van der Waals surface area contributed by atoms with E-state index >= 15 is 0 Å². The third kappa shape index (κ3) is 2.65. The van der Waals surface area contributed by atoms with Crippen LogP contribution in [-0.2, 0) is 6.54 Å². The fraction of sp³-hybridized carbons (Fsp3) is 0.0714. The molecule has 0 saturated carbocycles. The number of hydrogen-bond acceptors (Lipinski definition) is 2. The average molecular weight is 280 g/mol. The van der Waals surface area contributed by atoms with Crippen LogP contribution in [0.5, 0.6) is 0 Å². The van der Waals surface area contributed by atoms with E-state index in [-0.39, 0.29) is 12.1 Å². The lowest BCUT2D eigenvalue weighted by atomic mass is 10.1. The van der Waals surface area contributed by atoms with Gasteiger partial charge in [0.1, 0.15) is 0 Å². The molecule has 0 fully saturated rings. The number of anilines is 1. The van der Waals surface area contributed by atoms with Gasteiger partial charge in [0.05, 0.1) is 5.69 Å². The Morgan fingerprint density at radius 2 is 1.75 bits per heavy atom. The second kappa shape index (κ2) is 5.75. The van der Waals surface area contributed by atoms with Crippen molar-refractivity contribution in [2.75, 3.05) is 5.32 Å². The van der Waals surface area contributed by atoms with Crippen molar-refractivity contribution < 1.29 is 18.0 Å². The predicted molar refractivity (Wildman–Crippen MR) is 68.6 cm³/mol. The van der Waals surface area contributed by atoms with Crippen LogP contribution in [0, 0.1) is 17.5 Å². The van der Waals surface area contributed by atoms with Crippen molar-refractivity contribution in [3.8, 4) is 0 Å². The van der Waals surface area contributed by atoms with Gasteiger partial charge in [-0.25, -0.2) is 13.2 Å². The normalized spacial score (nSPS) is 10.4. The van der Waals surface area contributed by atoms with Gasteiger partial charge in [-0.05, 0) is 23.8 Å². The van der Waals surface area contributed by atoms with Crippen LogP contribution in [0.15, 0.2) is 36.4 Å². The third-order valence-electron chi connectivity index (χ3n) is 2.77. The van der Waals surface area contributed by atoms with Crippen molar-refractivity contribution in [1.82, 2.24) is 0 Å². The van der Waals surface area contributed by atoms with E-state index in [1.165, 1.54) is 6.07 Å². The fourth-order valence-electron chi connectivity index (χ4n) is 1.73. The zero-order valence-electron chi connectivity index (χ0n) is 10.3. The van der Waals surface area contributed by atoms with E-state index in [1.54, 1.807) is 18.2 Å². The van der Waals surface area contributed by atoms with Gasteiger partial charge in [-0.15, -0.1) is 0 Å². The van der Waals surface area contributed by atoms with Crippen molar-refractivity contribution in [2.24, 2.45) is 5.73 Å². The van der Waals surface area contributed by atoms with E-state index in [1.807, 2.05) is 0 Å². The molecule has 20 heavy (non-hydrogen) atoms. The topological polar surface area (TPSA) is 55.1 Å². The molecule has 104 valence electrons. The Morgan fingerprint density at radius 3 is 2.45 bits per heavy atom. The molecule has 0 saturated heterocycles. The summed E-state index contributed by atoms with van der Waals surface area (Å²) in [4.78, 5) is 12.0. The molecule has 6 heteroatoms. The molecule has 0 radical (unpaired) electrons. The molecule has 0 aliphatic heterocycles. The molecule has 1 amide bonds. The SMILES string of the molecule is NCc1ccccc1C(=O)Nc1ccc(F)c(F)c1F. The molecule has 0 spiro atoms. The lowest BCUT2D eigenvalue weighted by Gasteiger charge is -2.10. The average Bonchev–Trinajstić information content (AvgIpc) is 2.47. The highest BCUT2D eigenvalue weighted by molar-refractivity contribution is 6.05. The van der Waals surface area contributed by atoms with Crippen LogP contribution < -0.4 is 11.1 Å². The molecular weight excluding hydrogens is 269 g/mol. The second-order valence-electron chi connectivity index (χ2n) is 4.04. The molecular formula is C14H11F3N2O. The number of nitrogens with two attached hydrogens (primary N) is 1. The predicted octanol–water partition coefficient (Wildman–Crippen LogP) is 2.81. The monoisotopic (exact) mass is 280 g/mol. The smallest absolute Gasteiger partial charge is 0.256 e. The largest absolute Gasteiger partial charge is 0.326 e. The van der Waals surface area contributed by atoms with Gasteiger partial charge in [0.25, 0.3) is 5.91 Å². The number of halogens is 3. The molecule has 0 unspecified atom stereocenters. The van der Waals surface area contributed by atoms with Crippen molar-refractivity contribution in [2.45, 2.75) is 6.54 Å². The molecule has 0 aliphatic rings. The maximum absolute atomic E-state index is 13.5. The summed E-state index contributed by atoms with van der Waals surface area (Å²) < 4.78 is 39.3. The fourth-order valence-corrected chi connectivity index (χ4v) is 1.73. The van der Waals surface area contributed by atoms with E-state index in [0.717, 1.165) is 12.1 Å². The van der Waals surface area contributed by atoms with Crippen LogP contribution in [0.1, 0.15) is 15.9 Å². The summed E-state index contributed by atoms with van der Waals surface area (Å²) in [5.41, 5.74) is 5.87. The van der Waals surface area contributed by atoms with Gasteiger partial charge in [-0.1, -0.05) is 18.2 Å². The number of nitrogens with one attached hydrogen (secondary N) is 1.